The van der Waals surface area contributed by atoms with Crippen LogP contribution in [0.4, 0.5) is 0 Å². The number of nitrogens with two attached hydrogens (primary N) is 1. The average Bonchev–Trinajstić information content (AvgIpc) is 2.27. The minimum Gasteiger partial charge on any atom is -0.468 e. The number of benzene rings is 1. The molecule has 1 aromatic rings. The number of carbonyl (C=O) groups excluding carboxylic acids is 2. The fourth-order valence-corrected chi connectivity index (χ4v) is 1.13. The highest BCUT2D eigenvalue weighted by Crippen LogP contribution is 2.06. The van der Waals surface area contributed by atoms with Gasteiger partial charge in [-0.3, -0.25) is 4.79 Å². The van der Waals surface area contributed by atoms with Crippen LogP contribution in [0.25, 0.3) is 0 Å². The number of Topliss-reactive ketones (excluding diaryl/α,β-unsaturated/α-hetero) is 1. The lowest BCUT2D eigenvalue weighted by Gasteiger charge is -2.07. The van der Waals surface area contributed by atoms with Crippen molar-refractivity contribution in [3.05, 3.63) is 35.4 Å². The Kier molecular flexibility index (Phi) is 3.57. The number of aryl methyl sites for hydroxylation is 1. The quantitative estimate of drug-likeness (QED) is 0.449. The van der Waals surface area contributed by atoms with E-state index in [2.05, 4.69) is 4.74 Å². The topological polar surface area (TPSA) is 69.4 Å². The molecular weight excluding hydrogens is 194 g/mol. The van der Waals surface area contributed by atoms with Crippen LogP contribution < -0.4 is 5.73 Å². The highest BCUT2D eigenvalue weighted by atomic mass is 16.5. The molecule has 0 unspecified atom stereocenters. The van der Waals surface area contributed by atoms with Gasteiger partial charge in [0.25, 0.3) is 0 Å². The summed E-state index contributed by atoms with van der Waals surface area (Å²) in [5.41, 5.74) is 6.87. The van der Waals surface area contributed by atoms with Gasteiger partial charge in [0, 0.05) is 5.56 Å². The van der Waals surface area contributed by atoms with Crippen LogP contribution in [-0.4, -0.2) is 24.9 Å². The first-order chi connectivity index (χ1) is 7.06. The second kappa shape index (κ2) is 4.70. The summed E-state index contributed by atoms with van der Waals surface area (Å²) in [6, 6.07) is 5.62. The maximum absolute atomic E-state index is 11.6. The molecule has 0 bridgehead atoms. The van der Waals surface area contributed by atoms with Gasteiger partial charge in [0.15, 0.2) is 11.8 Å². The van der Waals surface area contributed by atoms with E-state index in [9.17, 15) is 9.59 Å². The number of ether oxygens (including phenoxy) is 1. The normalized spacial score (nSPS) is 11.9. The lowest BCUT2D eigenvalue weighted by molar-refractivity contribution is -0.140. The van der Waals surface area contributed by atoms with Crippen molar-refractivity contribution >= 4 is 11.8 Å². The number of ketones is 1. The molecule has 0 saturated heterocycles. The summed E-state index contributed by atoms with van der Waals surface area (Å²) in [5, 5.41) is 0. The van der Waals surface area contributed by atoms with Crippen molar-refractivity contribution in [2.75, 3.05) is 7.11 Å². The van der Waals surface area contributed by atoms with Crippen molar-refractivity contribution in [1.82, 2.24) is 0 Å². The molecule has 0 radical (unpaired) electrons. The SMILES string of the molecule is COC(=O)[C@H](N)C(=O)c1ccc(C)cc1. The van der Waals surface area contributed by atoms with E-state index >= 15 is 0 Å². The Labute approximate surface area is 88.0 Å². The van der Waals surface area contributed by atoms with Gasteiger partial charge in [-0.05, 0) is 6.92 Å². The number of rotatable bonds is 3. The van der Waals surface area contributed by atoms with Crippen LogP contribution in [0.5, 0.6) is 0 Å². The van der Waals surface area contributed by atoms with Gasteiger partial charge in [-0.25, -0.2) is 4.79 Å². The van der Waals surface area contributed by atoms with Gasteiger partial charge in [-0.2, -0.15) is 0 Å². The largest absolute Gasteiger partial charge is 0.468 e. The van der Waals surface area contributed by atoms with Crippen LogP contribution in [0.1, 0.15) is 15.9 Å². The Morgan fingerprint density at radius 2 is 1.80 bits per heavy atom. The summed E-state index contributed by atoms with van der Waals surface area (Å²) in [6.45, 7) is 1.91. The number of carbonyl (C=O) groups is 2. The van der Waals surface area contributed by atoms with Crippen LogP contribution in [0.3, 0.4) is 0 Å². The number of esters is 1. The first-order valence-corrected chi connectivity index (χ1v) is 4.50. The highest BCUT2D eigenvalue weighted by Gasteiger charge is 2.23. The first-order valence-electron chi connectivity index (χ1n) is 4.50. The Morgan fingerprint density at radius 1 is 1.27 bits per heavy atom. The van der Waals surface area contributed by atoms with Gasteiger partial charge >= 0.3 is 5.97 Å². The van der Waals surface area contributed by atoms with E-state index in [0.717, 1.165) is 5.56 Å². The molecule has 0 aliphatic rings. The molecule has 4 nitrogen and oxygen atoms in total. The third-order valence-electron chi connectivity index (χ3n) is 2.07. The molecule has 1 rings (SSSR count). The lowest BCUT2D eigenvalue weighted by Crippen LogP contribution is -2.39. The molecule has 0 aromatic heterocycles. The molecule has 80 valence electrons. The molecular formula is C11H13NO3. The third kappa shape index (κ3) is 2.63. The summed E-state index contributed by atoms with van der Waals surface area (Å²) in [7, 11) is 1.20. The fourth-order valence-electron chi connectivity index (χ4n) is 1.13. The second-order valence-corrected chi connectivity index (χ2v) is 3.23. The van der Waals surface area contributed by atoms with E-state index in [1.165, 1.54) is 7.11 Å². The number of hydrogen-bond acceptors (Lipinski definition) is 4. The van der Waals surface area contributed by atoms with E-state index in [1.807, 2.05) is 6.92 Å². The van der Waals surface area contributed by atoms with Crippen molar-refractivity contribution < 1.29 is 14.3 Å². The Hall–Kier alpha value is -1.68. The molecule has 0 spiro atoms. The summed E-state index contributed by atoms with van der Waals surface area (Å²) >= 11 is 0. The minimum atomic E-state index is -1.24. The lowest BCUT2D eigenvalue weighted by atomic mass is 10.0. The number of hydrogen-bond donors (Lipinski definition) is 1. The zero-order valence-corrected chi connectivity index (χ0v) is 8.69. The van der Waals surface area contributed by atoms with Crippen molar-refractivity contribution in [1.29, 1.82) is 0 Å². The van der Waals surface area contributed by atoms with Crippen LogP contribution >= 0.6 is 0 Å². The van der Waals surface area contributed by atoms with E-state index in [0.29, 0.717) is 5.56 Å². The van der Waals surface area contributed by atoms with Gasteiger partial charge in [0.05, 0.1) is 7.11 Å². The Balaban J connectivity index is 2.85. The van der Waals surface area contributed by atoms with E-state index in [-0.39, 0.29) is 0 Å². The molecule has 1 aromatic carbocycles. The third-order valence-corrected chi connectivity index (χ3v) is 2.07. The molecule has 0 fully saturated rings. The zero-order chi connectivity index (χ0) is 11.4. The molecule has 0 saturated carbocycles. The maximum Gasteiger partial charge on any atom is 0.330 e. The summed E-state index contributed by atoms with van der Waals surface area (Å²) in [5.74, 6) is -1.15. The summed E-state index contributed by atoms with van der Waals surface area (Å²) in [4.78, 5) is 22.7. The van der Waals surface area contributed by atoms with Crippen molar-refractivity contribution in [3.8, 4) is 0 Å². The molecule has 0 aliphatic heterocycles. The highest BCUT2D eigenvalue weighted by molar-refractivity contribution is 6.11. The fraction of sp³-hybridized carbons (Fsp3) is 0.273. The monoisotopic (exact) mass is 207 g/mol. The molecule has 15 heavy (non-hydrogen) atoms. The van der Waals surface area contributed by atoms with Crippen molar-refractivity contribution in [2.45, 2.75) is 13.0 Å². The van der Waals surface area contributed by atoms with Crippen LogP contribution in [-0.2, 0) is 9.53 Å². The Bertz CT molecular complexity index is 370. The minimum absolute atomic E-state index is 0.415. The molecule has 2 N–H and O–H groups in total. The first kappa shape index (κ1) is 11.4. The van der Waals surface area contributed by atoms with E-state index in [1.54, 1.807) is 24.3 Å². The average molecular weight is 207 g/mol. The van der Waals surface area contributed by atoms with E-state index in [4.69, 9.17) is 5.73 Å². The standard InChI is InChI=1S/C11H13NO3/c1-7-3-5-8(6-4-7)10(13)9(12)11(14)15-2/h3-6,9H,12H2,1-2H3/t9-/m1/s1. The molecule has 0 amide bonds. The molecule has 0 heterocycles. The van der Waals surface area contributed by atoms with Gasteiger partial charge < -0.3 is 10.5 Å². The molecule has 0 aliphatic carbocycles. The maximum atomic E-state index is 11.6. The van der Waals surface area contributed by atoms with Gasteiger partial charge in [0.2, 0.25) is 0 Å². The van der Waals surface area contributed by atoms with Crippen LogP contribution in [0.2, 0.25) is 0 Å². The van der Waals surface area contributed by atoms with E-state index < -0.39 is 17.8 Å². The second-order valence-electron chi connectivity index (χ2n) is 3.23. The summed E-state index contributed by atoms with van der Waals surface area (Å²) in [6.07, 6.45) is 0. The van der Waals surface area contributed by atoms with Gasteiger partial charge in [-0.15, -0.1) is 0 Å². The van der Waals surface area contributed by atoms with Crippen LogP contribution in [0, 0.1) is 6.92 Å². The predicted octanol–water partition coefficient (Wildman–Crippen LogP) is 0.678. The van der Waals surface area contributed by atoms with Crippen molar-refractivity contribution in [3.63, 3.8) is 0 Å². The molecule has 4 heteroatoms. The summed E-state index contributed by atoms with van der Waals surface area (Å²) < 4.78 is 4.39. The predicted molar refractivity (Wildman–Crippen MR) is 55.5 cm³/mol. The number of methoxy groups -OCH3 is 1. The van der Waals surface area contributed by atoms with Crippen molar-refractivity contribution in [2.24, 2.45) is 5.73 Å². The smallest absolute Gasteiger partial charge is 0.330 e. The zero-order valence-electron chi connectivity index (χ0n) is 8.69. The van der Waals surface area contributed by atoms with Crippen LogP contribution in [0.15, 0.2) is 24.3 Å². The van der Waals surface area contributed by atoms with Gasteiger partial charge in [0.1, 0.15) is 0 Å². The molecule has 1 atom stereocenters. The van der Waals surface area contributed by atoms with Gasteiger partial charge in [-0.1, -0.05) is 29.8 Å². The Morgan fingerprint density at radius 3 is 2.27 bits per heavy atom.